The van der Waals surface area contributed by atoms with Crippen molar-refractivity contribution in [2.24, 2.45) is 5.92 Å². The highest BCUT2D eigenvalue weighted by atomic mass is 16.6. The number of hydrogen-bond donors (Lipinski definition) is 0. The second kappa shape index (κ2) is 9.69. The van der Waals surface area contributed by atoms with Crippen LogP contribution in [0.4, 0.5) is 0 Å². The molecule has 0 fully saturated rings. The van der Waals surface area contributed by atoms with Crippen molar-refractivity contribution in [2.45, 2.75) is 52.6 Å². The Labute approximate surface area is 212 Å². The van der Waals surface area contributed by atoms with E-state index < -0.39 is 5.60 Å². The van der Waals surface area contributed by atoms with Gasteiger partial charge in [-0.15, -0.1) is 0 Å². The molecule has 2 heterocycles. The molecule has 0 bridgehead atoms. The number of benzene rings is 2. The molecule has 0 N–H and O–H groups in total. The van der Waals surface area contributed by atoms with Crippen LogP contribution in [0.1, 0.15) is 50.3 Å². The summed E-state index contributed by atoms with van der Waals surface area (Å²) in [6, 6.07) is 19.0. The Balaban J connectivity index is 0.000000222. The molecule has 182 valence electrons. The van der Waals surface area contributed by atoms with Gasteiger partial charge in [0.15, 0.2) is 5.65 Å². The largest absolute Gasteiger partial charge is 0.460 e. The summed E-state index contributed by atoms with van der Waals surface area (Å²) in [6.45, 7) is 7.91. The molecule has 4 heteroatoms. The van der Waals surface area contributed by atoms with E-state index in [1.165, 1.54) is 38.6 Å². The zero-order chi connectivity index (χ0) is 25.3. The first-order valence-electron chi connectivity index (χ1n) is 12.6. The number of pyridine rings is 2. The summed E-state index contributed by atoms with van der Waals surface area (Å²) in [5.41, 5.74) is 7.16. The van der Waals surface area contributed by atoms with Crippen molar-refractivity contribution in [3.63, 3.8) is 0 Å². The minimum absolute atomic E-state index is 0.111. The molecule has 0 saturated heterocycles. The predicted octanol–water partition coefficient (Wildman–Crippen LogP) is 7.40. The van der Waals surface area contributed by atoms with Gasteiger partial charge >= 0.3 is 5.97 Å². The summed E-state index contributed by atoms with van der Waals surface area (Å²) in [7, 11) is 0. The van der Waals surface area contributed by atoms with Crippen LogP contribution in [0.15, 0.2) is 84.7 Å². The summed E-state index contributed by atoms with van der Waals surface area (Å²) in [5.74, 6) is -0.266. The van der Waals surface area contributed by atoms with Crippen LogP contribution in [-0.2, 0) is 16.0 Å². The number of esters is 1. The van der Waals surface area contributed by atoms with Gasteiger partial charge < -0.3 is 4.74 Å². The van der Waals surface area contributed by atoms with Crippen molar-refractivity contribution >= 4 is 33.3 Å². The molecular formula is C32H32N2O2. The summed E-state index contributed by atoms with van der Waals surface area (Å²) < 4.78 is 5.58. The normalized spacial score (nSPS) is 16.7. The Morgan fingerprint density at radius 1 is 0.944 bits per heavy atom. The lowest BCUT2D eigenvalue weighted by atomic mass is 9.77. The smallest absolute Gasteiger partial charge is 0.313 e. The third-order valence-electron chi connectivity index (χ3n) is 6.68. The average Bonchev–Trinajstić information content (AvgIpc) is 2.87. The van der Waals surface area contributed by atoms with E-state index in [2.05, 4.69) is 53.3 Å². The van der Waals surface area contributed by atoms with Gasteiger partial charge in [-0.25, -0.2) is 9.97 Å². The fraction of sp³-hybridized carbons (Fsp3) is 0.281. The third-order valence-corrected chi connectivity index (χ3v) is 6.68. The molecule has 0 radical (unpaired) electrons. The zero-order valence-corrected chi connectivity index (χ0v) is 21.4. The molecule has 1 atom stereocenters. The van der Waals surface area contributed by atoms with Crippen LogP contribution in [0, 0.1) is 12.8 Å². The number of fused-ring (bicyclic) bond motifs is 5. The topological polar surface area (TPSA) is 52.1 Å². The van der Waals surface area contributed by atoms with Crippen molar-refractivity contribution in [3.8, 4) is 0 Å². The van der Waals surface area contributed by atoms with E-state index in [1.54, 1.807) is 12.4 Å². The van der Waals surface area contributed by atoms with E-state index in [9.17, 15) is 4.79 Å². The highest BCUT2D eigenvalue weighted by Gasteiger charge is 2.29. The van der Waals surface area contributed by atoms with E-state index in [1.807, 2.05) is 51.1 Å². The molecule has 36 heavy (non-hydrogen) atoms. The van der Waals surface area contributed by atoms with Crippen molar-refractivity contribution in [1.29, 1.82) is 0 Å². The number of allylic oxidation sites excluding steroid dienone is 3. The SMILES string of the molecule is Cc1ccc2c3c(ccc2c1)C1=C(CC3)CC(C(=O)OC(C)(C)C)C=C1.c1cnc2ncccc2c1. The summed E-state index contributed by atoms with van der Waals surface area (Å²) in [5, 5.41) is 3.77. The Morgan fingerprint density at radius 3 is 2.39 bits per heavy atom. The Bertz CT molecular complexity index is 1440. The van der Waals surface area contributed by atoms with Crippen LogP contribution >= 0.6 is 0 Å². The van der Waals surface area contributed by atoms with Crippen LogP contribution in [-0.4, -0.2) is 21.5 Å². The van der Waals surface area contributed by atoms with Crippen molar-refractivity contribution < 1.29 is 9.53 Å². The highest BCUT2D eigenvalue weighted by molar-refractivity contribution is 5.95. The lowest BCUT2D eigenvalue weighted by Crippen LogP contribution is -2.29. The Morgan fingerprint density at radius 2 is 1.69 bits per heavy atom. The number of ether oxygens (including phenoxy) is 1. The molecule has 0 spiro atoms. The van der Waals surface area contributed by atoms with Crippen molar-refractivity contribution in [3.05, 3.63) is 101 Å². The molecule has 4 aromatic rings. The number of rotatable bonds is 1. The lowest BCUT2D eigenvalue weighted by Gasteiger charge is -2.29. The van der Waals surface area contributed by atoms with E-state index in [0.717, 1.165) is 30.3 Å². The minimum Gasteiger partial charge on any atom is -0.460 e. The first-order chi connectivity index (χ1) is 17.3. The van der Waals surface area contributed by atoms with Crippen LogP contribution < -0.4 is 0 Å². The molecular weight excluding hydrogens is 444 g/mol. The Hall–Kier alpha value is -3.79. The number of hydrogen-bond acceptors (Lipinski definition) is 4. The molecule has 0 amide bonds. The third kappa shape index (κ3) is 5.08. The number of carbonyl (C=O) groups excluding carboxylic acids is 1. The van der Waals surface area contributed by atoms with Crippen LogP contribution in [0.2, 0.25) is 0 Å². The quantitative estimate of drug-likeness (QED) is 0.269. The standard InChI is InChI=1S/C24H26O2.C8H6N2/c1-15-5-9-19-16(13-15)6-11-22-20-10-8-18(23(25)26-24(2,3)4)14-17(20)7-12-21(19)22;1-3-7-4-2-6-10-8(7)9-5-1/h5-6,8-11,13,18H,7,12,14H2,1-4H3;1-6H. The van der Waals surface area contributed by atoms with Crippen LogP contribution in [0.5, 0.6) is 0 Å². The number of nitrogens with zero attached hydrogens (tertiary/aromatic N) is 2. The second-order valence-electron chi connectivity index (χ2n) is 10.6. The van der Waals surface area contributed by atoms with Crippen LogP contribution in [0.3, 0.4) is 0 Å². The van der Waals surface area contributed by atoms with Crippen molar-refractivity contribution in [2.75, 3.05) is 0 Å². The van der Waals surface area contributed by atoms with Gasteiger partial charge in [0, 0.05) is 17.8 Å². The maximum Gasteiger partial charge on any atom is 0.313 e. The molecule has 2 aliphatic carbocycles. The number of aryl methyl sites for hydroxylation is 2. The first kappa shape index (κ1) is 23.9. The van der Waals surface area contributed by atoms with E-state index >= 15 is 0 Å². The fourth-order valence-electron chi connectivity index (χ4n) is 5.05. The molecule has 0 aliphatic heterocycles. The van der Waals surface area contributed by atoms with Gasteiger partial charge in [-0.3, -0.25) is 4.79 Å². The number of aromatic nitrogens is 2. The van der Waals surface area contributed by atoms with Gasteiger partial charge in [0.05, 0.1) is 5.92 Å². The molecule has 4 nitrogen and oxygen atoms in total. The van der Waals surface area contributed by atoms with Crippen molar-refractivity contribution in [1.82, 2.24) is 9.97 Å². The fourth-order valence-corrected chi connectivity index (χ4v) is 5.05. The van der Waals surface area contributed by atoms with Crippen LogP contribution in [0.25, 0.3) is 27.4 Å². The molecule has 2 aromatic carbocycles. The van der Waals surface area contributed by atoms with Gasteiger partial charge in [-0.05, 0) is 98.7 Å². The zero-order valence-electron chi connectivity index (χ0n) is 21.4. The lowest BCUT2D eigenvalue weighted by molar-refractivity contribution is -0.158. The van der Waals surface area contributed by atoms with E-state index in [-0.39, 0.29) is 11.9 Å². The molecule has 1 unspecified atom stereocenters. The molecule has 6 rings (SSSR count). The number of carbonyl (C=O) groups is 1. The maximum absolute atomic E-state index is 12.4. The molecule has 2 aromatic heterocycles. The van der Waals surface area contributed by atoms with Gasteiger partial charge in [-0.2, -0.15) is 0 Å². The molecule has 2 aliphatic rings. The predicted molar refractivity (Wildman–Crippen MR) is 147 cm³/mol. The minimum atomic E-state index is -0.435. The highest BCUT2D eigenvalue weighted by Crippen LogP contribution is 2.41. The second-order valence-corrected chi connectivity index (χ2v) is 10.6. The van der Waals surface area contributed by atoms with Gasteiger partial charge in [0.1, 0.15) is 5.60 Å². The van der Waals surface area contributed by atoms with E-state index in [0.29, 0.717) is 0 Å². The summed E-state index contributed by atoms with van der Waals surface area (Å²) in [4.78, 5) is 20.6. The van der Waals surface area contributed by atoms with Gasteiger partial charge in [0.2, 0.25) is 0 Å². The average molecular weight is 477 g/mol. The maximum atomic E-state index is 12.4. The van der Waals surface area contributed by atoms with Gasteiger partial charge in [0.25, 0.3) is 0 Å². The Kier molecular flexibility index (Phi) is 6.44. The van der Waals surface area contributed by atoms with E-state index in [4.69, 9.17) is 4.74 Å². The monoisotopic (exact) mass is 476 g/mol. The first-order valence-corrected chi connectivity index (χ1v) is 12.6. The summed E-state index contributed by atoms with van der Waals surface area (Å²) in [6.07, 6.45) is 10.5. The molecule has 0 saturated carbocycles. The van der Waals surface area contributed by atoms with Gasteiger partial charge in [-0.1, -0.05) is 53.6 Å². The summed E-state index contributed by atoms with van der Waals surface area (Å²) >= 11 is 0.